The molecular formula is C37H41N5O7. The number of carboxylic acids is 2. The molecule has 2 aliphatic rings. The van der Waals surface area contributed by atoms with E-state index < -0.39 is 31.2 Å². The van der Waals surface area contributed by atoms with Crippen molar-refractivity contribution in [1.29, 1.82) is 0 Å². The quantitative estimate of drug-likeness (QED) is 0.129. The van der Waals surface area contributed by atoms with Gasteiger partial charge in [-0.3, -0.25) is 14.4 Å². The van der Waals surface area contributed by atoms with Crippen LogP contribution in [-0.4, -0.2) is 71.5 Å². The van der Waals surface area contributed by atoms with Crippen LogP contribution in [0.5, 0.6) is 0 Å². The number of nitrogens with one attached hydrogen (secondary N) is 3. The summed E-state index contributed by atoms with van der Waals surface area (Å²) in [6.07, 6.45) is 4.20. The standard InChI is InChI=1S/C34H34N4O4.C3H7NO3/c1-7-21-17(3)25-13-26-19(5)23(9-11-33(39)40)31(37-26)16-32-24(10-12-34(41)42)20(6)28(38-32)15-30-22(8-2)18(4)27(36-30)14-29(21)35-25;5-1-3(7)4-2-6/h7-8,13-16,35-36H,1-2,9-12H2,3-6H3,(H,39,40)(H,41,42);5-6H,1-2H2,(H,4,7). The van der Waals surface area contributed by atoms with Gasteiger partial charge in [-0.15, -0.1) is 0 Å². The number of carbonyl (C=O) groups excluding carboxylic acids is 1. The highest BCUT2D eigenvalue weighted by molar-refractivity contribution is 5.97. The maximum absolute atomic E-state index is 11.5. The number of carbonyl (C=O) groups is 3. The van der Waals surface area contributed by atoms with E-state index in [1.165, 1.54) is 0 Å². The van der Waals surface area contributed by atoms with Gasteiger partial charge in [0.1, 0.15) is 13.3 Å². The van der Waals surface area contributed by atoms with Crippen molar-refractivity contribution in [3.8, 4) is 0 Å². The predicted molar refractivity (Wildman–Crippen MR) is 192 cm³/mol. The monoisotopic (exact) mass is 667 g/mol. The van der Waals surface area contributed by atoms with E-state index in [0.29, 0.717) is 24.2 Å². The summed E-state index contributed by atoms with van der Waals surface area (Å²) in [4.78, 5) is 49.9. The molecule has 0 radical (unpaired) electrons. The number of carboxylic acid groups (broad SMARTS) is 2. The molecule has 49 heavy (non-hydrogen) atoms. The van der Waals surface area contributed by atoms with E-state index in [2.05, 4.69) is 29.2 Å². The molecule has 2 aliphatic heterocycles. The third-order valence-electron chi connectivity index (χ3n) is 8.64. The molecule has 0 aromatic carbocycles. The molecule has 5 heterocycles. The molecule has 0 atom stereocenters. The molecule has 1 amide bonds. The number of aromatic amines is 2. The molecule has 0 unspecified atom stereocenters. The molecule has 3 aromatic heterocycles. The van der Waals surface area contributed by atoms with Crippen molar-refractivity contribution < 1.29 is 34.8 Å². The first-order valence-corrected chi connectivity index (χ1v) is 15.7. The van der Waals surface area contributed by atoms with Crippen LogP contribution in [-0.2, 0) is 14.4 Å². The molecule has 12 nitrogen and oxygen atoms in total. The number of aliphatic hydroxyl groups is 2. The molecular weight excluding hydrogens is 626 g/mol. The van der Waals surface area contributed by atoms with E-state index in [-0.39, 0.29) is 12.8 Å². The summed E-state index contributed by atoms with van der Waals surface area (Å²) in [5, 5.41) is 36.7. The molecule has 5 rings (SSSR count). The van der Waals surface area contributed by atoms with Gasteiger partial charge >= 0.3 is 11.9 Å². The Morgan fingerprint density at radius 1 is 0.694 bits per heavy atom. The number of hydrogen-bond acceptors (Lipinski definition) is 7. The minimum atomic E-state index is -0.889. The van der Waals surface area contributed by atoms with Crippen molar-refractivity contribution in [1.82, 2.24) is 25.3 Å². The van der Waals surface area contributed by atoms with E-state index in [9.17, 15) is 24.6 Å². The van der Waals surface area contributed by atoms with Crippen molar-refractivity contribution in [3.05, 3.63) is 82.5 Å². The summed E-state index contributed by atoms with van der Waals surface area (Å²) in [5.41, 5.74) is 13.7. The summed E-state index contributed by atoms with van der Waals surface area (Å²) < 4.78 is 0. The Kier molecular flexibility index (Phi) is 11.5. The Morgan fingerprint density at radius 2 is 1.12 bits per heavy atom. The summed E-state index contributed by atoms with van der Waals surface area (Å²) in [7, 11) is 0. The predicted octanol–water partition coefficient (Wildman–Crippen LogP) is 5.85. The number of H-pyrrole nitrogens is 2. The van der Waals surface area contributed by atoms with Gasteiger partial charge in [0.2, 0.25) is 5.91 Å². The van der Waals surface area contributed by atoms with Crippen LogP contribution >= 0.6 is 0 Å². The first-order chi connectivity index (χ1) is 23.3. The Labute approximate surface area is 283 Å². The van der Waals surface area contributed by atoms with E-state index in [4.69, 9.17) is 20.2 Å². The van der Waals surface area contributed by atoms with E-state index in [1.54, 1.807) is 0 Å². The topological polar surface area (TPSA) is 202 Å². The molecule has 0 fully saturated rings. The zero-order chi connectivity index (χ0) is 36.0. The van der Waals surface area contributed by atoms with Crippen LogP contribution in [0.4, 0.5) is 0 Å². The Bertz CT molecular complexity index is 2080. The number of fused-ring (bicyclic) bond motifs is 8. The fourth-order valence-corrected chi connectivity index (χ4v) is 5.91. The van der Waals surface area contributed by atoms with Crippen LogP contribution in [0.25, 0.3) is 56.5 Å². The van der Waals surface area contributed by atoms with Gasteiger partial charge in [-0.2, -0.15) is 0 Å². The fourth-order valence-electron chi connectivity index (χ4n) is 5.91. The first-order valence-electron chi connectivity index (χ1n) is 15.7. The maximum atomic E-state index is 11.5. The SMILES string of the molecule is C=Cc1c(C)c2cc3[nH]c(cc4nc(cc5nc(cc1[nH]2)C(C)=C5CCC(=O)O)C(CCC(=O)O)=C4C)c(C)c3C=C.O=C(CO)NCO. The number of aliphatic carboxylic acids is 2. The average molecular weight is 668 g/mol. The number of rotatable bonds is 10. The van der Waals surface area contributed by atoms with Gasteiger partial charge < -0.3 is 35.7 Å². The van der Waals surface area contributed by atoms with E-state index in [1.807, 2.05) is 63.4 Å². The van der Waals surface area contributed by atoms with Crippen molar-refractivity contribution in [2.24, 2.45) is 0 Å². The zero-order valence-electron chi connectivity index (χ0n) is 28.0. The van der Waals surface area contributed by atoms with Crippen LogP contribution in [0.1, 0.15) is 84.6 Å². The molecule has 3 aromatic rings. The fraction of sp³-hybridized carbons (Fsp3) is 0.270. The lowest BCUT2D eigenvalue weighted by Crippen LogP contribution is -2.26. The third kappa shape index (κ3) is 7.94. The number of amides is 1. The van der Waals surface area contributed by atoms with Crippen LogP contribution in [0, 0.1) is 13.8 Å². The van der Waals surface area contributed by atoms with Crippen molar-refractivity contribution in [3.63, 3.8) is 0 Å². The lowest BCUT2D eigenvalue weighted by atomic mass is 9.98. The van der Waals surface area contributed by atoms with Gasteiger partial charge in [0.15, 0.2) is 0 Å². The van der Waals surface area contributed by atoms with Gasteiger partial charge in [-0.1, -0.05) is 25.3 Å². The maximum Gasteiger partial charge on any atom is 0.303 e. The number of aryl methyl sites for hydroxylation is 2. The zero-order valence-corrected chi connectivity index (χ0v) is 28.0. The van der Waals surface area contributed by atoms with Crippen molar-refractivity contribution in [2.75, 3.05) is 13.3 Å². The molecule has 12 heteroatoms. The largest absolute Gasteiger partial charge is 0.481 e. The molecule has 8 bridgehead atoms. The molecule has 0 aliphatic carbocycles. The summed E-state index contributed by atoms with van der Waals surface area (Å²) in [6, 6.07) is 7.88. The summed E-state index contributed by atoms with van der Waals surface area (Å²) >= 11 is 0. The van der Waals surface area contributed by atoms with E-state index >= 15 is 0 Å². The normalized spacial score (nSPS) is 12.4. The van der Waals surface area contributed by atoms with Gasteiger partial charge in [-0.05, 0) is 98.2 Å². The lowest BCUT2D eigenvalue weighted by molar-refractivity contribution is -0.137. The van der Waals surface area contributed by atoms with Gasteiger partial charge in [-0.25, -0.2) is 9.97 Å². The number of aliphatic hydroxyl groups excluding tert-OH is 2. The van der Waals surface area contributed by atoms with Crippen molar-refractivity contribution in [2.45, 2.75) is 53.4 Å². The Morgan fingerprint density at radius 3 is 1.51 bits per heavy atom. The molecule has 256 valence electrons. The minimum Gasteiger partial charge on any atom is -0.481 e. The van der Waals surface area contributed by atoms with Crippen molar-refractivity contribution >= 4 is 74.4 Å². The molecule has 0 saturated heterocycles. The van der Waals surface area contributed by atoms with Gasteiger partial charge in [0.25, 0.3) is 0 Å². The molecule has 7 N–H and O–H groups in total. The smallest absolute Gasteiger partial charge is 0.303 e. The van der Waals surface area contributed by atoms with Gasteiger partial charge in [0, 0.05) is 46.0 Å². The Hall–Kier alpha value is -5.59. The molecule has 0 spiro atoms. The highest BCUT2D eigenvalue weighted by atomic mass is 16.4. The number of nitrogens with zero attached hydrogens (tertiary/aromatic N) is 2. The average Bonchev–Trinajstić information content (AvgIpc) is 3.72. The second kappa shape index (κ2) is 15.5. The second-order valence-electron chi connectivity index (χ2n) is 11.6. The summed E-state index contributed by atoms with van der Waals surface area (Å²) in [5.74, 6) is -2.34. The highest BCUT2D eigenvalue weighted by Crippen LogP contribution is 2.38. The van der Waals surface area contributed by atoms with Crippen LogP contribution < -0.4 is 5.32 Å². The first kappa shape index (κ1) is 36.2. The third-order valence-corrected chi connectivity index (χ3v) is 8.64. The highest BCUT2D eigenvalue weighted by Gasteiger charge is 2.22. The van der Waals surface area contributed by atoms with Gasteiger partial charge in [0.05, 0.1) is 22.8 Å². The summed E-state index contributed by atoms with van der Waals surface area (Å²) in [6.45, 7) is 15.1. The van der Waals surface area contributed by atoms with Crippen LogP contribution in [0.2, 0.25) is 0 Å². The number of allylic oxidation sites excluding steroid dienone is 4. The number of aromatic nitrogens is 4. The van der Waals surface area contributed by atoms with Crippen LogP contribution in [0.15, 0.2) is 37.4 Å². The molecule has 0 saturated carbocycles. The van der Waals surface area contributed by atoms with E-state index in [0.717, 1.165) is 78.0 Å². The lowest BCUT2D eigenvalue weighted by Gasteiger charge is -2.05. The second-order valence-corrected chi connectivity index (χ2v) is 11.6. The minimum absolute atomic E-state index is 0.0367. The Balaban J connectivity index is 0.000000698. The number of hydrogen-bond donors (Lipinski definition) is 7. The van der Waals surface area contributed by atoms with Crippen LogP contribution in [0.3, 0.4) is 0 Å².